The van der Waals surface area contributed by atoms with E-state index in [1.165, 1.54) is 28.6 Å². The zero-order chi connectivity index (χ0) is 22.6. The van der Waals surface area contributed by atoms with Gasteiger partial charge in [0.2, 0.25) is 0 Å². The minimum absolute atomic E-state index is 0.460. The molecule has 2 saturated heterocycles. The summed E-state index contributed by atoms with van der Waals surface area (Å²) in [7, 11) is 0. The highest BCUT2D eigenvalue weighted by Gasteiger charge is 2.20. The molecule has 5 rings (SSSR count). The van der Waals surface area contributed by atoms with Crippen LogP contribution in [-0.4, -0.2) is 52.3 Å². The van der Waals surface area contributed by atoms with Crippen molar-refractivity contribution >= 4 is 10.9 Å². The highest BCUT2D eigenvalue weighted by Crippen LogP contribution is 2.34. The van der Waals surface area contributed by atoms with Crippen LogP contribution in [0.5, 0.6) is 0 Å². The van der Waals surface area contributed by atoms with Crippen molar-refractivity contribution in [2.24, 2.45) is 11.8 Å². The number of likely N-dealkylation sites (tertiary alicyclic amines) is 1. The lowest BCUT2D eigenvalue weighted by molar-refractivity contribution is 0.0707. The molecule has 33 heavy (non-hydrogen) atoms. The van der Waals surface area contributed by atoms with Crippen LogP contribution in [0, 0.1) is 23.7 Å². The van der Waals surface area contributed by atoms with Gasteiger partial charge in [-0.2, -0.15) is 0 Å². The summed E-state index contributed by atoms with van der Waals surface area (Å²) in [4.78, 5) is 11.5. The molecule has 3 aromatic heterocycles. The van der Waals surface area contributed by atoms with E-state index in [4.69, 9.17) is 4.74 Å². The second-order valence-corrected chi connectivity index (χ2v) is 9.85. The average molecular weight is 443 g/mol. The highest BCUT2D eigenvalue weighted by molar-refractivity contribution is 5.95. The summed E-state index contributed by atoms with van der Waals surface area (Å²) in [6, 6.07) is 6.82. The van der Waals surface area contributed by atoms with Crippen LogP contribution in [-0.2, 0) is 4.74 Å². The molecule has 5 nitrogen and oxygen atoms in total. The van der Waals surface area contributed by atoms with E-state index < -0.39 is 0 Å². The van der Waals surface area contributed by atoms with Crippen LogP contribution in [0.2, 0.25) is 0 Å². The maximum absolute atomic E-state index is 5.58. The summed E-state index contributed by atoms with van der Waals surface area (Å²) in [6.07, 6.45) is 12.5. The zero-order valence-electron chi connectivity index (χ0n) is 19.8. The fourth-order valence-electron chi connectivity index (χ4n) is 5.21. The smallest absolute Gasteiger partial charge is 0.113 e. The lowest BCUT2D eigenvalue weighted by Crippen LogP contribution is -2.35. The van der Waals surface area contributed by atoms with Crippen molar-refractivity contribution in [2.45, 2.75) is 45.6 Å². The summed E-state index contributed by atoms with van der Waals surface area (Å²) in [6.45, 7) is 9.75. The Morgan fingerprint density at radius 1 is 1.09 bits per heavy atom. The molecule has 5 heterocycles. The number of rotatable bonds is 4. The fraction of sp³-hybridized carbons (Fsp3) is 0.500. The van der Waals surface area contributed by atoms with Crippen LogP contribution in [0.1, 0.15) is 51.3 Å². The second kappa shape index (κ2) is 10.1. The third-order valence-electron chi connectivity index (χ3n) is 6.91. The highest BCUT2D eigenvalue weighted by atomic mass is 16.5. The van der Waals surface area contributed by atoms with E-state index >= 15 is 0 Å². The van der Waals surface area contributed by atoms with E-state index in [1.54, 1.807) is 0 Å². The Balaban J connectivity index is 1.37. The molecule has 2 fully saturated rings. The maximum Gasteiger partial charge on any atom is 0.113 e. The Hall–Kier alpha value is -2.68. The van der Waals surface area contributed by atoms with E-state index in [9.17, 15) is 0 Å². The molecule has 0 bridgehead atoms. The van der Waals surface area contributed by atoms with Crippen molar-refractivity contribution in [1.29, 1.82) is 0 Å². The summed E-state index contributed by atoms with van der Waals surface area (Å²) < 4.78 is 7.98. The van der Waals surface area contributed by atoms with Gasteiger partial charge >= 0.3 is 0 Å². The number of hydrogen-bond donors (Lipinski definition) is 0. The van der Waals surface area contributed by atoms with Gasteiger partial charge in [-0.15, -0.1) is 0 Å². The quantitative estimate of drug-likeness (QED) is 0.523. The first-order valence-corrected chi connectivity index (χ1v) is 12.4. The van der Waals surface area contributed by atoms with Crippen molar-refractivity contribution in [3.05, 3.63) is 48.7 Å². The zero-order valence-corrected chi connectivity index (χ0v) is 19.8. The largest absolute Gasteiger partial charge is 0.381 e. The Morgan fingerprint density at radius 3 is 2.70 bits per heavy atom. The van der Waals surface area contributed by atoms with Crippen molar-refractivity contribution in [3.8, 4) is 23.0 Å². The van der Waals surface area contributed by atoms with Gasteiger partial charge in [-0.3, -0.25) is 4.98 Å². The third kappa shape index (κ3) is 5.13. The number of nitrogens with zero attached hydrogens (tertiary/aromatic N) is 4. The first-order chi connectivity index (χ1) is 16.2. The molecule has 2 aliphatic heterocycles. The molecule has 0 N–H and O–H groups in total. The van der Waals surface area contributed by atoms with E-state index in [0.717, 1.165) is 63.6 Å². The fourth-order valence-corrected chi connectivity index (χ4v) is 5.21. The molecule has 3 aromatic rings. The van der Waals surface area contributed by atoms with Crippen LogP contribution in [0.3, 0.4) is 0 Å². The molecule has 0 unspecified atom stereocenters. The number of aromatic nitrogens is 3. The number of piperidine rings is 1. The summed E-state index contributed by atoms with van der Waals surface area (Å²) >= 11 is 0. The predicted molar refractivity (Wildman–Crippen MR) is 133 cm³/mol. The van der Waals surface area contributed by atoms with Gasteiger partial charge in [-0.1, -0.05) is 19.8 Å². The van der Waals surface area contributed by atoms with Crippen molar-refractivity contribution in [2.75, 3.05) is 32.8 Å². The molecule has 0 radical (unpaired) electrons. The Bertz CT molecular complexity index is 1140. The number of pyridine rings is 2. The molecular weight excluding hydrogens is 408 g/mol. The molecular formula is C28H34N4O. The molecule has 172 valence electrons. The van der Waals surface area contributed by atoms with E-state index in [1.807, 2.05) is 18.6 Å². The SMILES string of the molecule is CC(C)CN1CCC(C#Cc2cc(-c3cn(C4CCOCC4)c4cnccc34)ccn2)CC1. The Morgan fingerprint density at radius 2 is 1.91 bits per heavy atom. The van der Waals surface area contributed by atoms with Crippen molar-refractivity contribution in [3.63, 3.8) is 0 Å². The van der Waals surface area contributed by atoms with E-state index in [-0.39, 0.29) is 0 Å². The van der Waals surface area contributed by atoms with Crippen LogP contribution in [0.4, 0.5) is 0 Å². The van der Waals surface area contributed by atoms with Gasteiger partial charge in [0.25, 0.3) is 0 Å². The molecule has 0 aliphatic carbocycles. The minimum atomic E-state index is 0.460. The van der Waals surface area contributed by atoms with Gasteiger partial charge < -0.3 is 14.2 Å². The van der Waals surface area contributed by atoms with Crippen LogP contribution in [0.25, 0.3) is 22.0 Å². The summed E-state index contributed by atoms with van der Waals surface area (Å²) in [5.74, 6) is 8.10. The molecule has 0 aromatic carbocycles. The molecule has 0 spiro atoms. The summed E-state index contributed by atoms with van der Waals surface area (Å²) in [5.41, 5.74) is 4.45. The molecule has 2 aliphatic rings. The lowest BCUT2D eigenvalue weighted by Gasteiger charge is -2.30. The van der Waals surface area contributed by atoms with Crippen LogP contribution >= 0.6 is 0 Å². The topological polar surface area (TPSA) is 43.2 Å². The lowest BCUT2D eigenvalue weighted by atomic mass is 9.96. The predicted octanol–water partition coefficient (Wildman–Crippen LogP) is 5.17. The maximum atomic E-state index is 5.58. The van der Waals surface area contributed by atoms with Gasteiger partial charge in [-0.25, -0.2) is 4.98 Å². The Labute approximate surface area is 197 Å². The van der Waals surface area contributed by atoms with Crippen LogP contribution < -0.4 is 0 Å². The number of hydrogen-bond acceptors (Lipinski definition) is 4. The number of fused-ring (bicyclic) bond motifs is 1. The third-order valence-corrected chi connectivity index (χ3v) is 6.91. The second-order valence-electron chi connectivity index (χ2n) is 9.85. The van der Waals surface area contributed by atoms with Gasteiger partial charge in [0.05, 0.1) is 11.7 Å². The van der Waals surface area contributed by atoms with Crippen LogP contribution in [0.15, 0.2) is 43.0 Å². The van der Waals surface area contributed by atoms with E-state index in [0.29, 0.717) is 12.0 Å². The molecule has 5 heteroatoms. The van der Waals surface area contributed by atoms with E-state index in [2.05, 4.69) is 69.5 Å². The van der Waals surface area contributed by atoms with Gasteiger partial charge in [0.15, 0.2) is 0 Å². The first kappa shape index (κ1) is 22.1. The molecule has 0 amide bonds. The minimum Gasteiger partial charge on any atom is -0.381 e. The average Bonchev–Trinajstić information content (AvgIpc) is 3.24. The standard InChI is InChI=1S/C28H34N4O/c1-21(2)19-31-13-7-22(8-14-31)3-4-24-17-23(5-12-30-24)27-20-32(25-9-15-33-16-10-25)28-18-29-11-6-26(27)28/h5-6,11-12,17-18,20-22,25H,7-10,13-16,19H2,1-2H3. The Kier molecular flexibility index (Phi) is 6.75. The number of ether oxygens (including phenoxy) is 1. The normalized spacial score (nSPS) is 18.5. The molecule has 0 saturated carbocycles. The van der Waals surface area contributed by atoms with Gasteiger partial charge in [0.1, 0.15) is 5.69 Å². The summed E-state index contributed by atoms with van der Waals surface area (Å²) in [5, 5.41) is 1.24. The molecule has 0 atom stereocenters. The van der Waals surface area contributed by atoms with Gasteiger partial charge in [0, 0.05) is 61.3 Å². The van der Waals surface area contributed by atoms with Crippen molar-refractivity contribution < 1.29 is 4.74 Å². The van der Waals surface area contributed by atoms with Gasteiger partial charge in [-0.05, 0) is 74.4 Å². The first-order valence-electron chi connectivity index (χ1n) is 12.4. The van der Waals surface area contributed by atoms with Crippen molar-refractivity contribution in [1.82, 2.24) is 19.4 Å². The monoisotopic (exact) mass is 442 g/mol.